The van der Waals surface area contributed by atoms with Crippen LogP contribution in [-0.4, -0.2) is 61.9 Å². The first-order valence-electron chi connectivity index (χ1n) is 8.18. The van der Waals surface area contributed by atoms with E-state index in [1.807, 2.05) is 0 Å². The zero-order valence-corrected chi connectivity index (χ0v) is 14.0. The van der Waals surface area contributed by atoms with Crippen molar-refractivity contribution in [1.29, 1.82) is 0 Å². The predicted molar refractivity (Wildman–Crippen MR) is 84.1 cm³/mol. The maximum absolute atomic E-state index is 5.81. The summed E-state index contributed by atoms with van der Waals surface area (Å²) in [6.45, 7) is 17.9. The lowest BCUT2D eigenvalue weighted by Gasteiger charge is -2.53. The Morgan fingerprint density at radius 3 is 2.50 bits per heavy atom. The van der Waals surface area contributed by atoms with Gasteiger partial charge in [-0.3, -0.25) is 4.90 Å². The second kappa shape index (κ2) is 6.30. The molecule has 4 heteroatoms. The van der Waals surface area contributed by atoms with Crippen LogP contribution in [0.5, 0.6) is 0 Å². The van der Waals surface area contributed by atoms with Gasteiger partial charge in [0.25, 0.3) is 0 Å². The van der Waals surface area contributed by atoms with E-state index in [4.69, 9.17) is 4.74 Å². The van der Waals surface area contributed by atoms with Crippen molar-refractivity contribution in [3.8, 4) is 0 Å². The van der Waals surface area contributed by atoms with Gasteiger partial charge in [-0.25, -0.2) is 0 Å². The third-order valence-electron chi connectivity index (χ3n) is 5.30. The molecule has 0 spiro atoms. The number of nitrogens with zero attached hydrogens (tertiary/aromatic N) is 1. The van der Waals surface area contributed by atoms with E-state index < -0.39 is 0 Å². The van der Waals surface area contributed by atoms with Crippen molar-refractivity contribution < 1.29 is 4.74 Å². The molecular formula is C16H33N3O. The zero-order valence-electron chi connectivity index (χ0n) is 14.0. The molecule has 2 aliphatic rings. The first-order valence-corrected chi connectivity index (χ1v) is 8.18. The molecule has 1 saturated heterocycles. The van der Waals surface area contributed by atoms with Gasteiger partial charge in [0.15, 0.2) is 0 Å². The van der Waals surface area contributed by atoms with Crippen molar-refractivity contribution in [3.05, 3.63) is 0 Å². The van der Waals surface area contributed by atoms with Gasteiger partial charge in [-0.05, 0) is 27.2 Å². The van der Waals surface area contributed by atoms with Gasteiger partial charge < -0.3 is 15.4 Å². The molecule has 2 fully saturated rings. The molecular weight excluding hydrogens is 250 g/mol. The largest absolute Gasteiger partial charge is 0.378 e. The number of ether oxygens (including phenoxy) is 1. The van der Waals surface area contributed by atoms with Crippen LogP contribution in [0.3, 0.4) is 0 Å². The fraction of sp³-hybridized carbons (Fsp3) is 1.00. The van der Waals surface area contributed by atoms with Crippen LogP contribution in [0.25, 0.3) is 0 Å². The summed E-state index contributed by atoms with van der Waals surface area (Å²) >= 11 is 0. The minimum Gasteiger partial charge on any atom is -0.378 e. The van der Waals surface area contributed by atoms with Crippen molar-refractivity contribution in [2.24, 2.45) is 5.41 Å². The van der Waals surface area contributed by atoms with Gasteiger partial charge in [0.05, 0.1) is 6.10 Å². The number of rotatable bonds is 6. The highest BCUT2D eigenvalue weighted by Gasteiger charge is 2.49. The molecule has 0 amide bonds. The predicted octanol–water partition coefficient (Wildman–Crippen LogP) is 1.46. The first-order chi connectivity index (χ1) is 9.38. The third kappa shape index (κ3) is 3.35. The molecule has 2 rings (SSSR count). The van der Waals surface area contributed by atoms with E-state index in [0.717, 1.165) is 45.8 Å². The van der Waals surface area contributed by atoms with Crippen molar-refractivity contribution >= 4 is 0 Å². The lowest BCUT2D eigenvalue weighted by Crippen LogP contribution is -2.64. The van der Waals surface area contributed by atoms with E-state index in [1.165, 1.54) is 0 Å². The fourth-order valence-corrected chi connectivity index (χ4v) is 3.47. The molecule has 0 aromatic rings. The van der Waals surface area contributed by atoms with Crippen LogP contribution < -0.4 is 10.6 Å². The molecule has 0 aromatic heterocycles. The Kier molecular flexibility index (Phi) is 5.11. The maximum atomic E-state index is 5.81. The van der Waals surface area contributed by atoms with Gasteiger partial charge in [-0.1, -0.05) is 13.8 Å². The van der Waals surface area contributed by atoms with Crippen LogP contribution in [-0.2, 0) is 4.74 Å². The number of piperazine rings is 1. The number of hydrogen-bond donors (Lipinski definition) is 2. The summed E-state index contributed by atoms with van der Waals surface area (Å²) in [5.41, 5.74) is 0.490. The van der Waals surface area contributed by atoms with Crippen LogP contribution in [0.1, 0.15) is 41.0 Å². The first kappa shape index (κ1) is 16.2. The van der Waals surface area contributed by atoms with E-state index in [0.29, 0.717) is 12.1 Å². The van der Waals surface area contributed by atoms with Gasteiger partial charge in [-0.2, -0.15) is 0 Å². The van der Waals surface area contributed by atoms with Gasteiger partial charge in [0.2, 0.25) is 0 Å². The average Bonchev–Trinajstić information content (AvgIpc) is 2.43. The standard InChI is InChI=1S/C16H33N3O/c1-6-20-14-11-13(16(14,4)5)18-12-15(2,3)19-9-7-17-8-10-19/h13-14,17-18H,6-12H2,1-5H3. The van der Waals surface area contributed by atoms with Crippen molar-refractivity contribution in [3.63, 3.8) is 0 Å². The minimum absolute atomic E-state index is 0.231. The van der Waals surface area contributed by atoms with E-state index in [9.17, 15) is 0 Å². The van der Waals surface area contributed by atoms with E-state index >= 15 is 0 Å². The van der Waals surface area contributed by atoms with Crippen molar-refractivity contribution in [2.45, 2.75) is 58.7 Å². The Bertz CT molecular complexity index is 311. The van der Waals surface area contributed by atoms with Crippen LogP contribution >= 0.6 is 0 Å². The molecule has 0 aromatic carbocycles. The summed E-state index contributed by atoms with van der Waals surface area (Å²) in [5.74, 6) is 0. The second-order valence-corrected chi connectivity index (χ2v) is 7.48. The van der Waals surface area contributed by atoms with Crippen LogP contribution in [0.2, 0.25) is 0 Å². The molecule has 0 radical (unpaired) electrons. The minimum atomic E-state index is 0.231. The van der Waals surface area contributed by atoms with Crippen molar-refractivity contribution in [1.82, 2.24) is 15.5 Å². The molecule has 0 bridgehead atoms. The quantitative estimate of drug-likeness (QED) is 0.774. The lowest BCUT2D eigenvalue weighted by atomic mass is 9.64. The van der Waals surface area contributed by atoms with Crippen LogP contribution in [0.15, 0.2) is 0 Å². The summed E-state index contributed by atoms with van der Waals surface area (Å²) in [6.07, 6.45) is 1.57. The molecule has 2 atom stereocenters. The van der Waals surface area contributed by atoms with Crippen LogP contribution in [0, 0.1) is 5.41 Å². The topological polar surface area (TPSA) is 36.5 Å². The molecule has 1 aliphatic heterocycles. The third-order valence-corrected chi connectivity index (χ3v) is 5.30. The average molecular weight is 283 g/mol. The molecule has 20 heavy (non-hydrogen) atoms. The molecule has 1 heterocycles. The van der Waals surface area contributed by atoms with E-state index in [2.05, 4.69) is 50.2 Å². The summed E-state index contributed by atoms with van der Waals surface area (Å²) in [4.78, 5) is 2.60. The summed E-state index contributed by atoms with van der Waals surface area (Å²) in [6, 6.07) is 0.584. The molecule has 2 N–H and O–H groups in total. The monoisotopic (exact) mass is 283 g/mol. The van der Waals surface area contributed by atoms with Gasteiger partial charge in [-0.15, -0.1) is 0 Å². The van der Waals surface area contributed by atoms with E-state index in [1.54, 1.807) is 0 Å². The Hall–Kier alpha value is -0.160. The summed E-state index contributed by atoms with van der Waals surface area (Å²) in [7, 11) is 0. The molecule has 118 valence electrons. The Morgan fingerprint density at radius 1 is 1.30 bits per heavy atom. The molecule has 4 nitrogen and oxygen atoms in total. The Morgan fingerprint density at radius 2 is 1.95 bits per heavy atom. The Labute approximate surface area is 124 Å². The van der Waals surface area contributed by atoms with Crippen LogP contribution in [0.4, 0.5) is 0 Å². The van der Waals surface area contributed by atoms with Gasteiger partial charge >= 0.3 is 0 Å². The van der Waals surface area contributed by atoms with Crippen molar-refractivity contribution in [2.75, 3.05) is 39.3 Å². The number of hydrogen-bond acceptors (Lipinski definition) is 4. The lowest BCUT2D eigenvalue weighted by molar-refractivity contribution is -0.116. The summed E-state index contributed by atoms with van der Waals surface area (Å²) < 4.78 is 5.81. The van der Waals surface area contributed by atoms with Gasteiger partial charge in [0.1, 0.15) is 0 Å². The Balaban J connectivity index is 1.80. The van der Waals surface area contributed by atoms with E-state index in [-0.39, 0.29) is 11.0 Å². The van der Waals surface area contributed by atoms with Gasteiger partial charge in [0, 0.05) is 56.3 Å². The zero-order chi connectivity index (χ0) is 14.8. The highest BCUT2D eigenvalue weighted by atomic mass is 16.5. The normalized spacial score (nSPS) is 31.1. The maximum Gasteiger partial charge on any atom is 0.0655 e. The highest BCUT2D eigenvalue weighted by Crippen LogP contribution is 2.42. The second-order valence-electron chi connectivity index (χ2n) is 7.48. The highest BCUT2D eigenvalue weighted by molar-refractivity contribution is 5.04. The molecule has 1 saturated carbocycles. The number of nitrogens with one attached hydrogen (secondary N) is 2. The fourth-order valence-electron chi connectivity index (χ4n) is 3.47. The SMILES string of the molecule is CCOC1CC(NCC(C)(C)N2CCNCC2)C1(C)C. The molecule has 1 aliphatic carbocycles. The molecule has 2 unspecified atom stereocenters. The smallest absolute Gasteiger partial charge is 0.0655 e. The summed E-state index contributed by atoms with van der Waals surface area (Å²) in [5, 5.41) is 7.22.